The smallest absolute Gasteiger partial charge is 0.335 e. The van der Waals surface area contributed by atoms with Crippen molar-refractivity contribution in [2.24, 2.45) is 0 Å². The van der Waals surface area contributed by atoms with Gasteiger partial charge in [0, 0.05) is 14.2 Å². The Morgan fingerprint density at radius 3 is 1.83 bits per heavy atom. The Bertz CT molecular complexity index is 384. The summed E-state index contributed by atoms with van der Waals surface area (Å²) in [6.45, 7) is 2.25. The standard InChI is InChI=1S/C15H22O2Si/c1-4-15(18(16-2)17-3,13-9-5-6-10-13)14-11-7-8-12-14/h5-9,11,18H,4,10,12H2,1-3H3. The van der Waals surface area contributed by atoms with Crippen LogP contribution < -0.4 is 0 Å². The minimum Gasteiger partial charge on any atom is -0.399 e. The van der Waals surface area contributed by atoms with Crippen molar-refractivity contribution >= 4 is 9.28 Å². The quantitative estimate of drug-likeness (QED) is 0.683. The molecule has 0 aromatic rings. The third-order valence-electron chi connectivity index (χ3n) is 4.08. The summed E-state index contributed by atoms with van der Waals surface area (Å²) in [7, 11) is 1.81. The highest BCUT2D eigenvalue weighted by atomic mass is 28.3. The summed E-state index contributed by atoms with van der Waals surface area (Å²) in [6.07, 6.45) is 16.4. The highest BCUT2D eigenvalue weighted by Gasteiger charge is 2.46. The second kappa shape index (κ2) is 5.82. The van der Waals surface area contributed by atoms with Gasteiger partial charge in [-0.25, -0.2) is 0 Å². The average molecular weight is 262 g/mol. The first-order valence-electron chi connectivity index (χ1n) is 6.57. The van der Waals surface area contributed by atoms with Crippen molar-refractivity contribution < 1.29 is 8.85 Å². The fourth-order valence-corrected chi connectivity index (χ4v) is 5.55. The van der Waals surface area contributed by atoms with Crippen LogP contribution in [0.4, 0.5) is 0 Å². The maximum absolute atomic E-state index is 5.76. The molecule has 0 unspecified atom stereocenters. The fourth-order valence-electron chi connectivity index (χ4n) is 3.18. The molecule has 98 valence electrons. The van der Waals surface area contributed by atoms with Crippen molar-refractivity contribution in [1.29, 1.82) is 0 Å². The Kier molecular flexibility index (Phi) is 4.38. The predicted molar refractivity (Wildman–Crippen MR) is 77.8 cm³/mol. The van der Waals surface area contributed by atoms with Crippen LogP contribution in [0.5, 0.6) is 0 Å². The summed E-state index contributed by atoms with van der Waals surface area (Å²) in [5, 5.41) is 0.0104. The zero-order valence-corrected chi connectivity index (χ0v) is 12.6. The van der Waals surface area contributed by atoms with Crippen LogP contribution in [0.15, 0.2) is 47.6 Å². The first-order chi connectivity index (χ1) is 8.79. The normalized spacial score (nSPS) is 18.7. The maximum atomic E-state index is 5.76. The van der Waals surface area contributed by atoms with Gasteiger partial charge in [-0.3, -0.25) is 0 Å². The van der Waals surface area contributed by atoms with E-state index in [-0.39, 0.29) is 5.04 Å². The van der Waals surface area contributed by atoms with Gasteiger partial charge < -0.3 is 8.85 Å². The third-order valence-corrected chi connectivity index (χ3v) is 6.89. The third kappa shape index (κ3) is 2.07. The molecule has 0 amide bonds. The summed E-state index contributed by atoms with van der Waals surface area (Å²) in [5.74, 6) is 0. The topological polar surface area (TPSA) is 18.5 Å². The zero-order chi connectivity index (χ0) is 13.0. The number of hydrogen-bond donors (Lipinski definition) is 0. The van der Waals surface area contributed by atoms with Crippen LogP contribution >= 0.6 is 0 Å². The molecule has 18 heavy (non-hydrogen) atoms. The second-order valence-electron chi connectivity index (χ2n) is 4.78. The molecule has 2 aliphatic rings. The molecule has 0 heterocycles. The Balaban J connectivity index is 2.42. The molecule has 0 saturated heterocycles. The molecule has 2 aliphatic carbocycles. The Hall–Kier alpha value is -0.903. The highest BCUT2D eigenvalue weighted by Crippen LogP contribution is 2.54. The van der Waals surface area contributed by atoms with Crippen molar-refractivity contribution in [2.75, 3.05) is 14.2 Å². The first-order valence-corrected chi connectivity index (χ1v) is 8.09. The highest BCUT2D eigenvalue weighted by molar-refractivity contribution is 6.51. The SMILES string of the molecule is CCC(C1=CC=CC1)(C1=CC=CC1)[SiH](OC)OC. The van der Waals surface area contributed by atoms with Gasteiger partial charge in [0.05, 0.1) is 5.04 Å². The van der Waals surface area contributed by atoms with Gasteiger partial charge in [-0.15, -0.1) is 0 Å². The average Bonchev–Trinajstić information content (AvgIpc) is 3.08. The molecule has 2 nitrogen and oxygen atoms in total. The van der Waals surface area contributed by atoms with Crippen LogP contribution in [0.1, 0.15) is 26.2 Å². The monoisotopic (exact) mass is 262 g/mol. The Morgan fingerprint density at radius 1 is 1.06 bits per heavy atom. The summed E-state index contributed by atoms with van der Waals surface area (Å²) >= 11 is 0. The molecule has 0 saturated carbocycles. The van der Waals surface area contributed by atoms with Crippen LogP contribution in [0, 0.1) is 0 Å². The molecule has 0 radical (unpaired) electrons. The van der Waals surface area contributed by atoms with E-state index in [1.807, 2.05) is 0 Å². The van der Waals surface area contributed by atoms with Crippen LogP contribution in [0.25, 0.3) is 0 Å². The zero-order valence-electron chi connectivity index (χ0n) is 11.5. The van der Waals surface area contributed by atoms with E-state index in [9.17, 15) is 0 Å². The number of rotatable bonds is 6. The Morgan fingerprint density at radius 2 is 1.56 bits per heavy atom. The van der Waals surface area contributed by atoms with Crippen LogP contribution in [-0.4, -0.2) is 23.5 Å². The molecule has 0 aliphatic heterocycles. The number of hydrogen-bond acceptors (Lipinski definition) is 2. The summed E-state index contributed by atoms with van der Waals surface area (Å²) < 4.78 is 11.5. The van der Waals surface area contributed by atoms with E-state index in [2.05, 4.69) is 43.4 Å². The van der Waals surface area contributed by atoms with E-state index in [4.69, 9.17) is 8.85 Å². The summed E-state index contributed by atoms with van der Waals surface area (Å²) in [6, 6.07) is 0. The molecule has 3 heteroatoms. The second-order valence-corrected chi connectivity index (χ2v) is 7.37. The summed E-state index contributed by atoms with van der Waals surface area (Å²) in [4.78, 5) is 0. The predicted octanol–water partition coefficient (Wildman–Crippen LogP) is 3.42. The van der Waals surface area contributed by atoms with Crippen molar-refractivity contribution in [3.63, 3.8) is 0 Å². The van der Waals surface area contributed by atoms with E-state index < -0.39 is 9.28 Å². The molecule has 2 rings (SSSR count). The van der Waals surface area contributed by atoms with E-state index in [0.717, 1.165) is 19.3 Å². The van der Waals surface area contributed by atoms with Crippen molar-refractivity contribution in [3.05, 3.63) is 47.6 Å². The molecule has 0 aromatic carbocycles. The lowest BCUT2D eigenvalue weighted by Gasteiger charge is -2.39. The van der Waals surface area contributed by atoms with Crippen LogP contribution in [0.3, 0.4) is 0 Å². The Labute approximate surface area is 112 Å². The van der Waals surface area contributed by atoms with Crippen molar-refractivity contribution in [3.8, 4) is 0 Å². The maximum Gasteiger partial charge on any atom is 0.335 e. The van der Waals surface area contributed by atoms with Gasteiger partial charge in [-0.05, 0) is 19.3 Å². The van der Waals surface area contributed by atoms with Gasteiger partial charge >= 0.3 is 9.28 Å². The lowest BCUT2D eigenvalue weighted by molar-refractivity contribution is 0.252. The molecular formula is C15H22O2Si. The van der Waals surface area contributed by atoms with E-state index in [1.165, 1.54) is 11.1 Å². The number of allylic oxidation sites excluding steroid dienone is 8. The molecule has 0 N–H and O–H groups in total. The van der Waals surface area contributed by atoms with Gasteiger partial charge in [0.1, 0.15) is 0 Å². The van der Waals surface area contributed by atoms with Gasteiger partial charge in [0.15, 0.2) is 0 Å². The van der Waals surface area contributed by atoms with Gasteiger partial charge in [0.2, 0.25) is 0 Å². The minimum atomic E-state index is -1.77. The van der Waals surface area contributed by atoms with E-state index in [0.29, 0.717) is 0 Å². The molecule has 0 spiro atoms. The summed E-state index contributed by atoms with van der Waals surface area (Å²) in [5.41, 5.74) is 2.92. The molecular weight excluding hydrogens is 240 g/mol. The van der Waals surface area contributed by atoms with E-state index in [1.54, 1.807) is 14.2 Å². The van der Waals surface area contributed by atoms with Crippen molar-refractivity contribution in [1.82, 2.24) is 0 Å². The van der Waals surface area contributed by atoms with Crippen molar-refractivity contribution in [2.45, 2.75) is 31.2 Å². The first kappa shape index (κ1) is 13.5. The van der Waals surface area contributed by atoms with Gasteiger partial charge in [0.25, 0.3) is 0 Å². The molecule has 0 fully saturated rings. The largest absolute Gasteiger partial charge is 0.399 e. The molecule has 0 bridgehead atoms. The fraction of sp³-hybridized carbons (Fsp3) is 0.467. The van der Waals surface area contributed by atoms with Gasteiger partial charge in [-0.2, -0.15) is 0 Å². The molecule has 0 aromatic heterocycles. The van der Waals surface area contributed by atoms with Crippen LogP contribution in [0.2, 0.25) is 5.04 Å². The molecule has 0 atom stereocenters. The minimum absolute atomic E-state index is 0.0104. The lowest BCUT2D eigenvalue weighted by atomic mass is 9.85. The van der Waals surface area contributed by atoms with Crippen LogP contribution in [-0.2, 0) is 8.85 Å². The lowest BCUT2D eigenvalue weighted by Crippen LogP contribution is -2.39. The van der Waals surface area contributed by atoms with Gasteiger partial charge in [-0.1, -0.05) is 54.5 Å². The van der Waals surface area contributed by atoms with E-state index >= 15 is 0 Å².